The van der Waals surface area contributed by atoms with Crippen LogP contribution in [0.4, 0.5) is 13.2 Å². The number of hydrogen-bond donors (Lipinski definition) is 1. The Balaban J connectivity index is 0.00000147. The average molecular weight is 305 g/mol. The molecule has 6 heteroatoms. The molecule has 2 heterocycles. The number of alkyl halides is 3. The Kier molecular flexibility index (Phi) is 3.77. The third-order valence-electron chi connectivity index (χ3n) is 3.76. The summed E-state index contributed by atoms with van der Waals surface area (Å²) in [4.78, 5) is 0. The minimum atomic E-state index is -4.29. The van der Waals surface area contributed by atoms with Gasteiger partial charge in [-0.15, -0.1) is 12.4 Å². The fraction of sp³-hybridized carbons (Fsp3) is 0.429. The van der Waals surface area contributed by atoms with E-state index in [0.29, 0.717) is 12.1 Å². The minimum absolute atomic E-state index is 0. The first-order valence-electron chi connectivity index (χ1n) is 6.30. The first-order valence-corrected chi connectivity index (χ1v) is 6.30. The van der Waals surface area contributed by atoms with Crippen LogP contribution in [0.3, 0.4) is 0 Å². The molecule has 110 valence electrons. The van der Waals surface area contributed by atoms with Gasteiger partial charge in [0.1, 0.15) is 0 Å². The molecule has 0 saturated carbocycles. The second-order valence-electron chi connectivity index (χ2n) is 5.21. The molecule has 0 spiro atoms. The van der Waals surface area contributed by atoms with E-state index < -0.39 is 11.7 Å². The molecule has 1 aromatic heterocycles. The number of hydrogen-bond acceptors (Lipinski definition) is 1. The second-order valence-corrected chi connectivity index (χ2v) is 5.21. The van der Waals surface area contributed by atoms with Crippen LogP contribution < -0.4 is 5.32 Å². The van der Waals surface area contributed by atoms with Gasteiger partial charge in [0.15, 0.2) is 0 Å². The molecule has 2 aromatic rings. The summed E-state index contributed by atoms with van der Waals surface area (Å²) in [6, 6.07) is 5.07. The molecule has 0 saturated heterocycles. The van der Waals surface area contributed by atoms with E-state index in [2.05, 4.69) is 5.32 Å². The fourth-order valence-electron chi connectivity index (χ4n) is 2.91. The molecular formula is C14H16ClF3N2. The maximum Gasteiger partial charge on any atom is 0.416 e. The maximum atomic E-state index is 13.0. The summed E-state index contributed by atoms with van der Waals surface area (Å²) < 4.78 is 41.0. The van der Waals surface area contributed by atoms with Crippen molar-refractivity contribution >= 4 is 23.3 Å². The van der Waals surface area contributed by atoms with E-state index in [1.165, 1.54) is 13.0 Å². The molecule has 0 amide bonds. The number of halogens is 4. The zero-order valence-corrected chi connectivity index (χ0v) is 12.0. The molecule has 1 aliphatic rings. The Labute approximate surface area is 121 Å². The van der Waals surface area contributed by atoms with Gasteiger partial charge in [0.2, 0.25) is 0 Å². The Hall–Kier alpha value is -1.20. The number of aryl methyl sites for hydroxylation is 1. The highest BCUT2D eigenvalue weighted by atomic mass is 35.5. The first kappa shape index (κ1) is 15.2. The molecule has 20 heavy (non-hydrogen) atoms. The normalized spacial score (nSPS) is 18.8. The fourth-order valence-corrected chi connectivity index (χ4v) is 2.91. The van der Waals surface area contributed by atoms with Crippen LogP contribution >= 0.6 is 12.4 Å². The van der Waals surface area contributed by atoms with Crippen LogP contribution in [0.2, 0.25) is 0 Å². The van der Waals surface area contributed by atoms with Crippen LogP contribution in [0.1, 0.15) is 29.8 Å². The largest absolute Gasteiger partial charge is 0.416 e. The molecule has 0 radical (unpaired) electrons. The van der Waals surface area contributed by atoms with E-state index in [1.807, 2.05) is 17.6 Å². The highest BCUT2D eigenvalue weighted by molar-refractivity contribution is 5.85. The number of nitrogens with one attached hydrogen (secondary N) is 1. The predicted octanol–water partition coefficient (Wildman–Crippen LogP) is 4.05. The number of aromatic nitrogens is 1. The standard InChI is InChI=1S/C14H15F3N2.ClH/c1-8-3-10-4-11-7-18-6-9(2)19(11)13(10)5-12(8)14(15,16)17;/h3-5,9,18H,6-7H2,1-2H3;1H/t9-;/m1./s1. The van der Waals surface area contributed by atoms with Crippen molar-refractivity contribution in [3.63, 3.8) is 0 Å². The van der Waals surface area contributed by atoms with Crippen molar-refractivity contribution in [2.24, 2.45) is 0 Å². The summed E-state index contributed by atoms with van der Waals surface area (Å²) >= 11 is 0. The monoisotopic (exact) mass is 304 g/mol. The van der Waals surface area contributed by atoms with Gasteiger partial charge in [-0.3, -0.25) is 0 Å². The highest BCUT2D eigenvalue weighted by Gasteiger charge is 2.33. The van der Waals surface area contributed by atoms with Crippen LogP contribution in [-0.4, -0.2) is 11.1 Å². The number of rotatable bonds is 0. The lowest BCUT2D eigenvalue weighted by molar-refractivity contribution is -0.137. The van der Waals surface area contributed by atoms with Gasteiger partial charge in [-0.25, -0.2) is 0 Å². The Morgan fingerprint density at radius 2 is 1.95 bits per heavy atom. The molecule has 1 aliphatic heterocycles. The second kappa shape index (κ2) is 4.97. The Morgan fingerprint density at radius 1 is 1.25 bits per heavy atom. The van der Waals surface area contributed by atoms with E-state index >= 15 is 0 Å². The highest BCUT2D eigenvalue weighted by Crippen LogP contribution is 2.36. The SMILES string of the molecule is Cc1cc2cc3n(c2cc1C(F)(F)F)[C@H](C)CNC3.Cl. The van der Waals surface area contributed by atoms with Gasteiger partial charge >= 0.3 is 6.18 Å². The number of fused-ring (bicyclic) bond motifs is 3. The van der Waals surface area contributed by atoms with Crippen molar-refractivity contribution < 1.29 is 13.2 Å². The van der Waals surface area contributed by atoms with Crippen molar-refractivity contribution in [3.05, 3.63) is 35.0 Å². The smallest absolute Gasteiger partial charge is 0.339 e. The maximum absolute atomic E-state index is 13.0. The van der Waals surface area contributed by atoms with Crippen LogP contribution in [-0.2, 0) is 12.7 Å². The van der Waals surface area contributed by atoms with E-state index in [1.54, 1.807) is 6.07 Å². The van der Waals surface area contributed by atoms with Gasteiger partial charge < -0.3 is 9.88 Å². The lowest BCUT2D eigenvalue weighted by Gasteiger charge is -2.25. The number of benzene rings is 1. The number of nitrogens with zero attached hydrogens (tertiary/aromatic N) is 1. The topological polar surface area (TPSA) is 17.0 Å². The summed E-state index contributed by atoms with van der Waals surface area (Å²) in [6.45, 7) is 5.02. The molecular weight excluding hydrogens is 289 g/mol. The van der Waals surface area contributed by atoms with Gasteiger partial charge in [0.05, 0.1) is 5.56 Å². The van der Waals surface area contributed by atoms with E-state index in [0.717, 1.165) is 17.6 Å². The average Bonchev–Trinajstić information content (AvgIpc) is 2.64. The zero-order chi connectivity index (χ0) is 13.8. The Morgan fingerprint density at radius 3 is 2.60 bits per heavy atom. The van der Waals surface area contributed by atoms with Crippen molar-refractivity contribution in [2.45, 2.75) is 32.6 Å². The molecule has 1 atom stereocenters. The van der Waals surface area contributed by atoms with Crippen molar-refractivity contribution in [3.8, 4) is 0 Å². The van der Waals surface area contributed by atoms with Crippen LogP contribution in [0.25, 0.3) is 10.9 Å². The third-order valence-corrected chi connectivity index (χ3v) is 3.76. The summed E-state index contributed by atoms with van der Waals surface area (Å²) in [5, 5.41) is 4.15. The minimum Gasteiger partial charge on any atom is -0.339 e. The molecule has 2 nitrogen and oxygen atoms in total. The molecule has 1 N–H and O–H groups in total. The van der Waals surface area contributed by atoms with Gasteiger partial charge in [-0.1, -0.05) is 0 Å². The lowest BCUT2D eigenvalue weighted by Crippen LogP contribution is -2.30. The van der Waals surface area contributed by atoms with Crippen LogP contribution in [0.5, 0.6) is 0 Å². The van der Waals surface area contributed by atoms with Gasteiger partial charge in [0.25, 0.3) is 0 Å². The lowest BCUT2D eigenvalue weighted by atomic mass is 10.1. The molecule has 3 rings (SSSR count). The summed E-state index contributed by atoms with van der Waals surface area (Å²) in [6.07, 6.45) is -4.29. The van der Waals surface area contributed by atoms with Gasteiger partial charge in [-0.05, 0) is 37.6 Å². The third kappa shape index (κ3) is 2.29. The zero-order valence-electron chi connectivity index (χ0n) is 11.2. The summed E-state index contributed by atoms with van der Waals surface area (Å²) in [5.41, 5.74) is 1.48. The molecule has 0 unspecified atom stereocenters. The summed E-state index contributed by atoms with van der Waals surface area (Å²) in [7, 11) is 0. The first-order chi connectivity index (χ1) is 8.88. The molecule has 0 fully saturated rings. The Bertz CT molecular complexity index is 646. The van der Waals surface area contributed by atoms with Crippen LogP contribution in [0, 0.1) is 6.92 Å². The predicted molar refractivity (Wildman–Crippen MR) is 75.3 cm³/mol. The molecule has 1 aromatic carbocycles. The van der Waals surface area contributed by atoms with Crippen molar-refractivity contribution in [2.75, 3.05) is 6.54 Å². The van der Waals surface area contributed by atoms with E-state index in [4.69, 9.17) is 0 Å². The van der Waals surface area contributed by atoms with Gasteiger partial charge in [0, 0.05) is 35.7 Å². The van der Waals surface area contributed by atoms with E-state index in [-0.39, 0.29) is 24.0 Å². The molecule has 0 bridgehead atoms. The quantitative estimate of drug-likeness (QED) is 0.777. The van der Waals surface area contributed by atoms with E-state index in [9.17, 15) is 13.2 Å². The molecule has 0 aliphatic carbocycles. The van der Waals surface area contributed by atoms with Crippen molar-refractivity contribution in [1.29, 1.82) is 0 Å². The van der Waals surface area contributed by atoms with Crippen molar-refractivity contribution in [1.82, 2.24) is 9.88 Å². The van der Waals surface area contributed by atoms with Gasteiger partial charge in [-0.2, -0.15) is 13.2 Å². The summed E-state index contributed by atoms with van der Waals surface area (Å²) in [5.74, 6) is 0. The van der Waals surface area contributed by atoms with Crippen LogP contribution in [0.15, 0.2) is 18.2 Å².